The van der Waals surface area contributed by atoms with Crippen LogP contribution >= 0.6 is 0 Å². The molecule has 15 rings (SSSR count). The van der Waals surface area contributed by atoms with Crippen molar-refractivity contribution in [3.8, 4) is 77.9 Å². The highest BCUT2D eigenvalue weighted by Crippen LogP contribution is 2.64. The van der Waals surface area contributed by atoms with Crippen LogP contribution in [0.4, 0.5) is 17.1 Å². The Morgan fingerprint density at radius 1 is 0.230 bits per heavy atom. The monoisotopic (exact) mass is 943 g/mol. The van der Waals surface area contributed by atoms with Crippen molar-refractivity contribution in [3.63, 3.8) is 0 Å². The van der Waals surface area contributed by atoms with Crippen LogP contribution in [0.25, 0.3) is 77.9 Å². The second kappa shape index (κ2) is 15.6. The third-order valence-electron chi connectivity index (χ3n) is 17.5. The van der Waals surface area contributed by atoms with Crippen LogP contribution < -0.4 is 4.90 Å². The van der Waals surface area contributed by atoms with E-state index in [1.807, 2.05) is 0 Å². The summed E-state index contributed by atoms with van der Waals surface area (Å²) in [4.78, 5) is 2.47. The Balaban J connectivity index is 0.810. The van der Waals surface area contributed by atoms with Gasteiger partial charge in [0, 0.05) is 27.9 Å². The standard InChI is InChI=1S/C73H53N/c1-71(2)62-24-12-8-19-55(62)59-41-38-52(44-68(59)71)74(53-39-42-60-58-40-35-50(46-17-6-5-7-18-46)43-67(58)72(3,4)69(60)45-53)51-36-33-48(34-37-51)47-29-31-49(32-30-47)54-23-16-28-66-70(54)61-22-11-15-27-65(61)73(66)63-25-13-9-20-56(63)57-21-10-14-26-64(57)73/h5-45H,1-4H3. The van der Waals surface area contributed by atoms with E-state index in [0.717, 1.165) is 17.1 Å². The Labute approximate surface area is 434 Å². The molecule has 0 heterocycles. The van der Waals surface area contributed by atoms with Crippen molar-refractivity contribution in [2.24, 2.45) is 0 Å². The molecule has 0 saturated heterocycles. The lowest BCUT2D eigenvalue weighted by Gasteiger charge is -2.30. The number of rotatable bonds is 6. The lowest BCUT2D eigenvalue weighted by Crippen LogP contribution is -2.25. The maximum atomic E-state index is 2.47. The number of anilines is 3. The van der Waals surface area contributed by atoms with Crippen molar-refractivity contribution >= 4 is 17.1 Å². The molecule has 0 aliphatic heterocycles. The Morgan fingerprint density at radius 2 is 0.595 bits per heavy atom. The van der Waals surface area contributed by atoms with Crippen LogP contribution in [0.1, 0.15) is 72.2 Å². The minimum atomic E-state index is -0.362. The summed E-state index contributed by atoms with van der Waals surface area (Å²) >= 11 is 0. The van der Waals surface area contributed by atoms with Gasteiger partial charge in [-0.25, -0.2) is 0 Å². The zero-order valence-corrected chi connectivity index (χ0v) is 42.1. The zero-order chi connectivity index (χ0) is 49.5. The zero-order valence-electron chi connectivity index (χ0n) is 42.1. The fraction of sp³-hybridized carbons (Fsp3) is 0.0959. The molecular formula is C73H53N. The van der Waals surface area contributed by atoms with E-state index in [-0.39, 0.29) is 16.2 Å². The molecule has 0 N–H and O–H groups in total. The Kier molecular flexibility index (Phi) is 9.04. The Hall–Kier alpha value is -8.78. The molecule has 4 aliphatic carbocycles. The van der Waals surface area contributed by atoms with Gasteiger partial charge in [0.1, 0.15) is 0 Å². The lowest BCUT2D eigenvalue weighted by molar-refractivity contribution is 0.660. The van der Waals surface area contributed by atoms with E-state index in [0.29, 0.717) is 0 Å². The molecule has 4 aliphatic rings. The van der Waals surface area contributed by atoms with Crippen LogP contribution in [-0.4, -0.2) is 0 Å². The van der Waals surface area contributed by atoms with Crippen LogP contribution in [0.2, 0.25) is 0 Å². The molecular weight excluding hydrogens is 891 g/mol. The normalized spacial score (nSPS) is 14.8. The lowest BCUT2D eigenvalue weighted by atomic mass is 9.70. The maximum Gasteiger partial charge on any atom is 0.0725 e. The van der Waals surface area contributed by atoms with Gasteiger partial charge in [0.15, 0.2) is 0 Å². The molecule has 1 nitrogen and oxygen atoms in total. The minimum absolute atomic E-state index is 0.125. The summed E-state index contributed by atoms with van der Waals surface area (Å²) < 4.78 is 0. The van der Waals surface area contributed by atoms with Crippen molar-refractivity contribution in [1.29, 1.82) is 0 Å². The molecule has 11 aromatic carbocycles. The summed E-state index contributed by atoms with van der Waals surface area (Å²) in [6.45, 7) is 9.53. The second-order valence-electron chi connectivity index (χ2n) is 22.0. The maximum absolute atomic E-state index is 2.47. The molecule has 1 spiro atoms. The molecule has 0 radical (unpaired) electrons. The van der Waals surface area contributed by atoms with Crippen LogP contribution in [0.15, 0.2) is 249 Å². The first-order valence-electron chi connectivity index (χ1n) is 26.2. The highest BCUT2D eigenvalue weighted by molar-refractivity contribution is 6.00. The van der Waals surface area contributed by atoms with E-state index < -0.39 is 0 Å². The fourth-order valence-corrected chi connectivity index (χ4v) is 14.0. The van der Waals surface area contributed by atoms with Gasteiger partial charge in [0.25, 0.3) is 0 Å². The van der Waals surface area contributed by atoms with Gasteiger partial charge in [-0.3, -0.25) is 0 Å². The molecule has 0 amide bonds. The van der Waals surface area contributed by atoms with Crippen molar-refractivity contribution < 1.29 is 0 Å². The molecule has 0 unspecified atom stereocenters. The number of benzene rings is 11. The van der Waals surface area contributed by atoms with E-state index in [9.17, 15) is 0 Å². The van der Waals surface area contributed by atoms with Gasteiger partial charge in [-0.05, 0) is 165 Å². The predicted molar refractivity (Wildman–Crippen MR) is 309 cm³/mol. The van der Waals surface area contributed by atoms with Crippen molar-refractivity contribution in [2.45, 2.75) is 43.9 Å². The van der Waals surface area contributed by atoms with E-state index in [1.54, 1.807) is 0 Å². The smallest absolute Gasteiger partial charge is 0.0725 e. The van der Waals surface area contributed by atoms with Crippen LogP contribution in [0.3, 0.4) is 0 Å². The van der Waals surface area contributed by atoms with Gasteiger partial charge in [0.2, 0.25) is 0 Å². The summed E-state index contributed by atoms with van der Waals surface area (Å²) in [5.41, 5.74) is 31.7. The van der Waals surface area contributed by atoms with Crippen molar-refractivity contribution in [3.05, 3.63) is 293 Å². The van der Waals surface area contributed by atoms with Crippen molar-refractivity contribution in [1.82, 2.24) is 0 Å². The molecule has 0 fully saturated rings. The first kappa shape index (κ1) is 42.9. The molecule has 74 heavy (non-hydrogen) atoms. The Bertz CT molecular complexity index is 4070. The van der Waals surface area contributed by atoms with E-state index in [2.05, 4.69) is 281 Å². The summed E-state index contributed by atoms with van der Waals surface area (Å²) in [6, 6.07) is 93.7. The number of hydrogen-bond acceptors (Lipinski definition) is 1. The van der Waals surface area contributed by atoms with Gasteiger partial charge in [0.05, 0.1) is 5.41 Å². The summed E-state index contributed by atoms with van der Waals surface area (Å²) in [7, 11) is 0. The molecule has 1 heteroatoms. The summed E-state index contributed by atoms with van der Waals surface area (Å²) in [5.74, 6) is 0. The van der Waals surface area contributed by atoms with E-state index in [1.165, 1.54) is 122 Å². The molecule has 0 bridgehead atoms. The third kappa shape index (κ3) is 5.87. The largest absolute Gasteiger partial charge is 0.310 e. The molecule has 350 valence electrons. The van der Waals surface area contributed by atoms with E-state index in [4.69, 9.17) is 0 Å². The van der Waals surface area contributed by atoms with Gasteiger partial charge < -0.3 is 4.90 Å². The van der Waals surface area contributed by atoms with Crippen LogP contribution in [0.5, 0.6) is 0 Å². The van der Waals surface area contributed by atoms with Gasteiger partial charge >= 0.3 is 0 Å². The highest BCUT2D eigenvalue weighted by atomic mass is 15.1. The first-order valence-corrected chi connectivity index (χ1v) is 26.2. The number of nitrogens with zero attached hydrogens (tertiary/aromatic N) is 1. The number of hydrogen-bond donors (Lipinski definition) is 0. The quantitative estimate of drug-likeness (QED) is 0.161. The third-order valence-corrected chi connectivity index (χ3v) is 17.5. The van der Waals surface area contributed by atoms with Gasteiger partial charge in [-0.2, -0.15) is 0 Å². The van der Waals surface area contributed by atoms with E-state index >= 15 is 0 Å². The fourth-order valence-electron chi connectivity index (χ4n) is 14.0. The highest BCUT2D eigenvalue weighted by Gasteiger charge is 2.52. The van der Waals surface area contributed by atoms with Crippen LogP contribution in [0, 0.1) is 0 Å². The molecule has 0 saturated carbocycles. The first-order chi connectivity index (χ1) is 36.2. The van der Waals surface area contributed by atoms with Crippen molar-refractivity contribution in [2.75, 3.05) is 4.90 Å². The predicted octanol–water partition coefficient (Wildman–Crippen LogP) is 19.1. The second-order valence-corrected chi connectivity index (χ2v) is 22.0. The average Bonchev–Trinajstić information content (AvgIpc) is 4.24. The molecule has 0 atom stereocenters. The Morgan fingerprint density at radius 3 is 1.19 bits per heavy atom. The SMILES string of the molecule is CC1(C)c2ccccc2-c2ccc(N(c3ccc(-c4ccc(-c5cccc6c5-c5ccccc5C65c6ccccc6-c6ccccc65)cc4)cc3)c3ccc4c(c3)C(C)(C)c3cc(-c5ccccc5)ccc3-4)cc21. The van der Waals surface area contributed by atoms with Gasteiger partial charge in [-0.1, -0.05) is 234 Å². The van der Waals surface area contributed by atoms with Gasteiger partial charge in [-0.15, -0.1) is 0 Å². The topological polar surface area (TPSA) is 3.24 Å². The van der Waals surface area contributed by atoms with Crippen LogP contribution in [-0.2, 0) is 16.2 Å². The minimum Gasteiger partial charge on any atom is -0.310 e. The number of fused-ring (bicyclic) bond motifs is 16. The summed E-state index contributed by atoms with van der Waals surface area (Å²) in [6.07, 6.45) is 0. The average molecular weight is 944 g/mol. The molecule has 11 aromatic rings. The molecule has 0 aromatic heterocycles. The summed E-state index contributed by atoms with van der Waals surface area (Å²) in [5, 5.41) is 0.